The quantitative estimate of drug-likeness (QED) is 0.825. The molecule has 1 saturated carbocycles. The SMILES string of the molecule is C1COCC(CNC2CC2)(CN2CC3CCC(C2)O3)C1. The van der Waals surface area contributed by atoms with Crippen LogP contribution in [0.25, 0.3) is 0 Å². The summed E-state index contributed by atoms with van der Waals surface area (Å²) in [5.41, 5.74) is 0.345. The average Bonchev–Trinajstić information content (AvgIpc) is 3.23. The summed E-state index contributed by atoms with van der Waals surface area (Å²) in [6, 6.07) is 0.801. The minimum atomic E-state index is 0.345. The molecule has 4 rings (SSSR count). The molecule has 4 nitrogen and oxygen atoms in total. The van der Waals surface area contributed by atoms with Crippen LogP contribution in [0.1, 0.15) is 38.5 Å². The van der Waals surface area contributed by atoms with E-state index in [1.165, 1.54) is 45.1 Å². The molecule has 1 aliphatic carbocycles. The van der Waals surface area contributed by atoms with Gasteiger partial charge in [-0.25, -0.2) is 0 Å². The Morgan fingerprint density at radius 2 is 1.90 bits per heavy atom. The van der Waals surface area contributed by atoms with Crippen molar-refractivity contribution < 1.29 is 9.47 Å². The molecule has 0 aromatic rings. The molecule has 3 heterocycles. The zero-order valence-electron chi connectivity index (χ0n) is 12.5. The van der Waals surface area contributed by atoms with Crippen LogP contribution in [0.5, 0.6) is 0 Å². The molecule has 0 radical (unpaired) electrons. The topological polar surface area (TPSA) is 33.7 Å². The summed E-state index contributed by atoms with van der Waals surface area (Å²) >= 11 is 0. The van der Waals surface area contributed by atoms with Gasteiger partial charge >= 0.3 is 0 Å². The van der Waals surface area contributed by atoms with Crippen LogP contribution in [0.15, 0.2) is 0 Å². The third kappa shape index (κ3) is 3.03. The van der Waals surface area contributed by atoms with Gasteiger partial charge in [0.15, 0.2) is 0 Å². The molecular formula is C16H28N2O2. The number of hydrogen-bond donors (Lipinski definition) is 1. The largest absolute Gasteiger partial charge is 0.381 e. The number of nitrogens with one attached hydrogen (secondary N) is 1. The van der Waals surface area contributed by atoms with E-state index in [-0.39, 0.29) is 0 Å². The zero-order chi connectivity index (χ0) is 13.4. The van der Waals surface area contributed by atoms with Gasteiger partial charge in [-0.3, -0.25) is 4.90 Å². The second-order valence-corrected chi connectivity index (χ2v) is 7.46. The number of rotatable bonds is 5. The third-order valence-corrected chi connectivity index (χ3v) is 5.43. The summed E-state index contributed by atoms with van der Waals surface area (Å²) in [6.07, 6.45) is 8.84. The van der Waals surface area contributed by atoms with Gasteiger partial charge in [-0.15, -0.1) is 0 Å². The van der Waals surface area contributed by atoms with E-state index < -0.39 is 0 Å². The molecule has 0 spiro atoms. The average molecular weight is 280 g/mol. The monoisotopic (exact) mass is 280 g/mol. The minimum Gasteiger partial charge on any atom is -0.381 e. The van der Waals surface area contributed by atoms with Gasteiger partial charge in [-0.1, -0.05) is 0 Å². The lowest BCUT2D eigenvalue weighted by molar-refractivity contribution is -0.0745. The van der Waals surface area contributed by atoms with Crippen LogP contribution in [-0.2, 0) is 9.47 Å². The predicted molar refractivity (Wildman–Crippen MR) is 77.8 cm³/mol. The first kappa shape index (κ1) is 13.5. The predicted octanol–water partition coefficient (Wildman–Crippen LogP) is 1.40. The Balaban J connectivity index is 1.38. The number of fused-ring (bicyclic) bond motifs is 2. The summed E-state index contributed by atoms with van der Waals surface area (Å²) in [7, 11) is 0. The second kappa shape index (κ2) is 5.56. The Morgan fingerprint density at radius 1 is 1.10 bits per heavy atom. The van der Waals surface area contributed by atoms with Crippen molar-refractivity contribution in [3.63, 3.8) is 0 Å². The number of nitrogens with zero attached hydrogens (tertiary/aromatic N) is 1. The van der Waals surface area contributed by atoms with E-state index in [0.29, 0.717) is 17.6 Å². The first-order chi connectivity index (χ1) is 9.81. The summed E-state index contributed by atoms with van der Waals surface area (Å²) in [6.45, 7) is 6.52. The van der Waals surface area contributed by atoms with Gasteiger partial charge in [0, 0.05) is 44.2 Å². The van der Waals surface area contributed by atoms with Crippen molar-refractivity contribution in [2.45, 2.75) is 56.8 Å². The van der Waals surface area contributed by atoms with Crippen molar-refractivity contribution in [2.75, 3.05) is 39.4 Å². The van der Waals surface area contributed by atoms with Gasteiger partial charge in [0.05, 0.1) is 18.8 Å². The Bertz CT molecular complexity index is 327. The highest BCUT2D eigenvalue weighted by molar-refractivity contribution is 4.94. The number of likely N-dealkylation sites (tertiary alicyclic amines) is 1. The van der Waals surface area contributed by atoms with Crippen molar-refractivity contribution in [1.29, 1.82) is 0 Å². The smallest absolute Gasteiger partial charge is 0.0707 e. The van der Waals surface area contributed by atoms with Crippen molar-refractivity contribution >= 4 is 0 Å². The van der Waals surface area contributed by atoms with Crippen LogP contribution >= 0.6 is 0 Å². The van der Waals surface area contributed by atoms with Crippen molar-refractivity contribution in [3.8, 4) is 0 Å². The molecule has 0 aromatic carbocycles. The molecule has 4 aliphatic rings. The summed E-state index contributed by atoms with van der Waals surface area (Å²) in [5.74, 6) is 0. The molecule has 0 aromatic heterocycles. The molecule has 20 heavy (non-hydrogen) atoms. The molecule has 4 fully saturated rings. The third-order valence-electron chi connectivity index (χ3n) is 5.43. The Kier molecular flexibility index (Phi) is 3.75. The Morgan fingerprint density at radius 3 is 2.55 bits per heavy atom. The number of morpholine rings is 1. The zero-order valence-corrected chi connectivity index (χ0v) is 12.5. The lowest BCUT2D eigenvalue weighted by Gasteiger charge is -2.43. The molecule has 3 aliphatic heterocycles. The van der Waals surface area contributed by atoms with Crippen LogP contribution in [0.4, 0.5) is 0 Å². The van der Waals surface area contributed by atoms with E-state index in [1.54, 1.807) is 0 Å². The molecule has 4 heteroatoms. The van der Waals surface area contributed by atoms with Gasteiger partial charge in [-0.2, -0.15) is 0 Å². The van der Waals surface area contributed by atoms with Crippen molar-refractivity contribution in [1.82, 2.24) is 10.2 Å². The van der Waals surface area contributed by atoms with Crippen LogP contribution in [0.2, 0.25) is 0 Å². The number of ether oxygens (including phenoxy) is 2. The lowest BCUT2D eigenvalue weighted by atomic mass is 9.81. The van der Waals surface area contributed by atoms with Crippen LogP contribution in [0.3, 0.4) is 0 Å². The molecule has 3 unspecified atom stereocenters. The van der Waals surface area contributed by atoms with E-state index in [0.717, 1.165) is 38.9 Å². The fourth-order valence-electron chi connectivity index (χ4n) is 4.18. The summed E-state index contributed by atoms with van der Waals surface area (Å²) in [5, 5.41) is 3.76. The van der Waals surface area contributed by atoms with Crippen molar-refractivity contribution in [2.24, 2.45) is 5.41 Å². The normalized spacial score (nSPS) is 42.0. The van der Waals surface area contributed by atoms with E-state index in [2.05, 4.69) is 10.2 Å². The maximum atomic E-state index is 5.97. The Labute approximate surface area is 122 Å². The van der Waals surface area contributed by atoms with Gasteiger partial charge in [0.25, 0.3) is 0 Å². The molecular weight excluding hydrogens is 252 g/mol. The lowest BCUT2D eigenvalue weighted by Crippen LogP contribution is -2.53. The summed E-state index contributed by atoms with van der Waals surface area (Å²) in [4.78, 5) is 2.66. The van der Waals surface area contributed by atoms with E-state index in [9.17, 15) is 0 Å². The van der Waals surface area contributed by atoms with Crippen LogP contribution in [0, 0.1) is 5.41 Å². The molecule has 1 N–H and O–H groups in total. The molecule has 114 valence electrons. The fourth-order valence-corrected chi connectivity index (χ4v) is 4.18. The standard InChI is InChI=1S/C16H28N2O2/c1-6-16(12-19-7-1,10-17-13-2-3-13)11-18-8-14-4-5-15(9-18)20-14/h13-15,17H,1-12H2. The molecule has 2 bridgehead atoms. The second-order valence-electron chi connectivity index (χ2n) is 7.46. The van der Waals surface area contributed by atoms with Gasteiger partial charge in [0.1, 0.15) is 0 Å². The van der Waals surface area contributed by atoms with Crippen LogP contribution in [-0.4, -0.2) is 62.5 Å². The molecule has 3 saturated heterocycles. The highest BCUT2D eigenvalue weighted by atomic mass is 16.5. The van der Waals surface area contributed by atoms with Gasteiger partial charge in [0.2, 0.25) is 0 Å². The molecule has 0 amide bonds. The van der Waals surface area contributed by atoms with E-state index in [4.69, 9.17) is 9.47 Å². The van der Waals surface area contributed by atoms with Gasteiger partial charge in [-0.05, 0) is 38.5 Å². The van der Waals surface area contributed by atoms with E-state index >= 15 is 0 Å². The first-order valence-corrected chi connectivity index (χ1v) is 8.50. The Hall–Kier alpha value is -0.160. The highest BCUT2D eigenvalue weighted by Crippen LogP contribution is 2.34. The van der Waals surface area contributed by atoms with Crippen LogP contribution < -0.4 is 5.32 Å². The maximum Gasteiger partial charge on any atom is 0.0707 e. The minimum absolute atomic E-state index is 0.345. The van der Waals surface area contributed by atoms with Gasteiger partial charge < -0.3 is 14.8 Å². The fraction of sp³-hybridized carbons (Fsp3) is 1.00. The highest BCUT2D eigenvalue weighted by Gasteiger charge is 2.40. The summed E-state index contributed by atoms with van der Waals surface area (Å²) < 4.78 is 11.8. The number of hydrogen-bond acceptors (Lipinski definition) is 4. The van der Waals surface area contributed by atoms with Crippen molar-refractivity contribution in [3.05, 3.63) is 0 Å². The maximum absolute atomic E-state index is 5.97. The van der Waals surface area contributed by atoms with E-state index in [1.807, 2.05) is 0 Å². The first-order valence-electron chi connectivity index (χ1n) is 8.50. The molecule has 3 atom stereocenters.